The van der Waals surface area contributed by atoms with E-state index < -0.39 is 23.9 Å². The van der Waals surface area contributed by atoms with E-state index in [2.05, 4.69) is 13.8 Å². The minimum absolute atomic E-state index is 0.0752. The number of ether oxygens (including phenoxy) is 2. The smallest absolute Gasteiger partial charge is 0.346 e. The van der Waals surface area contributed by atoms with Crippen molar-refractivity contribution in [1.82, 2.24) is 0 Å². The van der Waals surface area contributed by atoms with Gasteiger partial charge in [-0.3, -0.25) is 9.59 Å². The molecule has 0 bridgehead atoms. The fraction of sp³-hybridized carbons (Fsp3) is 0.688. The third-order valence-electron chi connectivity index (χ3n) is 6.75. The molecule has 214 valence electrons. The quantitative estimate of drug-likeness (QED) is 0.0845. The van der Waals surface area contributed by atoms with Crippen molar-refractivity contribution in [3.8, 4) is 0 Å². The molecule has 0 unspecified atom stereocenters. The van der Waals surface area contributed by atoms with Gasteiger partial charge in [-0.15, -0.1) is 0 Å². The third-order valence-corrected chi connectivity index (χ3v) is 6.75. The Labute approximate surface area is 230 Å². The Balaban J connectivity index is 2.32. The first-order chi connectivity index (χ1) is 18.5. The van der Waals surface area contributed by atoms with Crippen molar-refractivity contribution in [3.63, 3.8) is 0 Å². The Morgan fingerprint density at radius 1 is 0.474 bits per heavy atom. The summed E-state index contributed by atoms with van der Waals surface area (Å²) in [4.78, 5) is 49.4. The van der Waals surface area contributed by atoms with Crippen LogP contribution in [0.1, 0.15) is 163 Å². The molecular weight excluding hydrogens is 480 g/mol. The second kappa shape index (κ2) is 22.5. The molecule has 0 fully saturated rings. The number of unbranched alkanes of at least 4 members (excludes halogenated alkanes) is 16. The van der Waals surface area contributed by atoms with E-state index in [-0.39, 0.29) is 24.0 Å². The van der Waals surface area contributed by atoms with Gasteiger partial charge in [0.25, 0.3) is 0 Å². The van der Waals surface area contributed by atoms with E-state index in [0.29, 0.717) is 12.8 Å². The highest BCUT2D eigenvalue weighted by molar-refractivity contribution is 6.07. The van der Waals surface area contributed by atoms with Gasteiger partial charge >= 0.3 is 23.9 Å². The third kappa shape index (κ3) is 16.4. The van der Waals surface area contributed by atoms with E-state index in [1.54, 1.807) is 12.1 Å². The highest BCUT2D eigenvalue weighted by Crippen LogP contribution is 2.16. The minimum atomic E-state index is -0.898. The number of rotatable bonds is 22. The minimum Gasteiger partial charge on any atom is -0.389 e. The lowest BCUT2D eigenvalue weighted by atomic mass is 10.1. The Morgan fingerprint density at radius 2 is 0.763 bits per heavy atom. The Bertz CT molecular complexity index is 749. The summed E-state index contributed by atoms with van der Waals surface area (Å²) in [5.74, 6) is -3.01. The highest BCUT2D eigenvalue weighted by Gasteiger charge is 2.22. The van der Waals surface area contributed by atoms with Crippen LogP contribution >= 0.6 is 0 Å². The maximum Gasteiger partial charge on any atom is 0.346 e. The van der Waals surface area contributed by atoms with Crippen LogP contribution in [-0.4, -0.2) is 23.9 Å². The predicted octanol–water partition coefficient (Wildman–Crippen LogP) is 8.90. The molecule has 0 saturated carbocycles. The fourth-order valence-electron chi connectivity index (χ4n) is 4.42. The second-order valence-electron chi connectivity index (χ2n) is 10.2. The molecule has 1 rings (SSSR count). The molecule has 0 amide bonds. The summed E-state index contributed by atoms with van der Waals surface area (Å²) in [6, 6.07) is 5.94. The first-order valence-corrected chi connectivity index (χ1v) is 15.1. The van der Waals surface area contributed by atoms with Gasteiger partial charge in [-0.2, -0.15) is 0 Å². The standard InChI is InChI=1S/C32H50O6/c1-3-5-7-9-11-13-15-17-19-25-29(33)37-31(35)27-23-21-22-24-28(27)32(36)38-30(34)26-20-18-16-14-12-10-8-6-4-2/h21-24H,3-20,25-26H2,1-2H3. The van der Waals surface area contributed by atoms with Gasteiger partial charge < -0.3 is 9.47 Å². The van der Waals surface area contributed by atoms with Gasteiger partial charge in [0.1, 0.15) is 0 Å². The molecule has 0 spiro atoms. The van der Waals surface area contributed by atoms with Gasteiger partial charge in [0.05, 0.1) is 11.1 Å². The molecule has 0 atom stereocenters. The molecule has 0 N–H and O–H groups in total. The Hall–Kier alpha value is -2.50. The molecule has 1 aromatic carbocycles. The van der Waals surface area contributed by atoms with Gasteiger partial charge in [0, 0.05) is 12.8 Å². The Morgan fingerprint density at radius 3 is 1.08 bits per heavy atom. The molecule has 1 aromatic rings. The van der Waals surface area contributed by atoms with E-state index in [4.69, 9.17) is 9.47 Å². The van der Waals surface area contributed by atoms with Crippen LogP contribution in [0.3, 0.4) is 0 Å². The molecule has 6 heteroatoms. The van der Waals surface area contributed by atoms with Gasteiger partial charge in [-0.05, 0) is 25.0 Å². The number of hydrogen-bond donors (Lipinski definition) is 0. The largest absolute Gasteiger partial charge is 0.389 e. The Kier molecular flexibility index (Phi) is 19.8. The van der Waals surface area contributed by atoms with Crippen molar-refractivity contribution in [1.29, 1.82) is 0 Å². The molecule has 0 heterocycles. The molecule has 0 aromatic heterocycles. The number of carbonyl (C=O) groups excluding carboxylic acids is 4. The van der Waals surface area contributed by atoms with Crippen molar-refractivity contribution in [2.75, 3.05) is 0 Å². The fourth-order valence-corrected chi connectivity index (χ4v) is 4.42. The van der Waals surface area contributed by atoms with Crippen molar-refractivity contribution in [2.45, 2.75) is 142 Å². The summed E-state index contributed by atoms with van der Waals surface area (Å²) < 4.78 is 9.93. The van der Waals surface area contributed by atoms with Crippen molar-refractivity contribution in [2.24, 2.45) is 0 Å². The van der Waals surface area contributed by atoms with Crippen LogP contribution in [0.2, 0.25) is 0 Å². The van der Waals surface area contributed by atoms with Crippen LogP contribution in [0.25, 0.3) is 0 Å². The van der Waals surface area contributed by atoms with Crippen molar-refractivity contribution in [3.05, 3.63) is 35.4 Å². The van der Waals surface area contributed by atoms with Crippen LogP contribution in [0.4, 0.5) is 0 Å². The predicted molar refractivity (Wildman–Crippen MR) is 151 cm³/mol. The zero-order valence-electron chi connectivity index (χ0n) is 23.9. The van der Waals surface area contributed by atoms with E-state index in [9.17, 15) is 19.2 Å². The summed E-state index contributed by atoms with van der Waals surface area (Å²) in [6.45, 7) is 4.41. The zero-order valence-corrected chi connectivity index (χ0v) is 23.9. The first-order valence-electron chi connectivity index (χ1n) is 15.1. The van der Waals surface area contributed by atoms with Gasteiger partial charge in [-0.25, -0.2) is 9.59 Å². The molecule has 0 aliphatic rings. The lowest BCUT2D eigenvalue weighted by molar-refractivity contribution is -0.139. The van der Waals surface area contributed by atoms with Crippen molar-refractivity contribution < 1.29 is 28.7 Å². The van der Waals surface area contributed by atoms with Crippen LogP contribution in [0.15, 0.2) is 24.3 Å². The normalized spacial score (nSPS) is 10.8. The molecule has 0 aliphatic heterocycles. The summed E-state index contributed by atoms with van der Waals surface area (Å²) in [5, 5.41) is 0. The van der Waals surface area contributed by atoms with Crippen LogP contribution in [0.5, 0.6) is 0 Å². The monoisotopic (exact) mass is 530 g/mol. The van der Waals surface area contributed by atoms with Gasteiger partial charge in [0.2, 0.25) is 0 Å². The highest BCUT2D eigenvalue weighted by atomic mass is 16.6. The average Bonchev–Trinajstić information content (AvgIpc) is 2.91. The number of hydrogen-bond acceptors (Lipinski definition) is 6. The lowest BCUT2D eigenvalue weighted by Gasteiger charge is -2.08. The maximum atomic E-state index is 12.5. The molecule has 38 heavy (non-hydrogen) atoms. The van der Waals surface area contributed by atoms with Crippen LogP contribution < -0.4 is 0 Å². The van der Waals surface area contributed by atoms with Gasteiger partial charge in [0.15, 0.2) is 0 Å². The summed E-state index contributed by atoms with van der Waals surface area (Å²) in [6.07, 6.45) is 20.5. The molecule has 0 saturated heterocycles. The van der Waals surface area contributed by atoms with E-state index in [1.807, 2.05) is 0 Å². The lowest BCUT2D eigenvalue weighted by Crippen LogP contribution is -2.19. The average molecular weight is 531 g/mol. The number of carbonyl (C=O) groups is 4. The summed E-state index contributed by atoms with van der Waals surface area (Å²) in [5.41, 5.74) is -0.150. The van der Waals surface area contributed by atoms with Crippen LogP contribution in [-0.2, 0) is 19.1 Å². The SMILES string of the molecule is CCCCCCCCCCCC(=O)OC(=O)c1ccccc1C(=O)OC(=O)CCCCCCCCCCC. The van der Waals surface area contributed by atoms with Crippen LogP contribution in [0, 0.1) is 0 Å². The molecule has 0 radical (unpaired) electrons. The summed E-state index contributed by atoms with van der Waals surface area (Å²) >= 11 is 0. The molecule has 0 aliphatic carbocycles. The molecular formula is C32H50O6. The number of benzene rings is 1. The summed E-state index contributed by atoms with van der Waals surface area (Å²) in [7, 11) is 0. The van der Waals surface area contributed by atoms with E-state index in [1.165, 1.54) is 76.3 Å². The first kappa shape index (κ1) is 33.5. The maximum absolute atomic E-state index is 12.5. The topological polar surface area (TPSA) is 86.7 Å². The van der Waals surface area contributed by atoms with E-state index in [0.717, 1.165) is 38.5 Å². The second-order valence-corrected chi connectivity index (χ2v) is 10.2. The van der Waals surface area contributed by atoms with Crippen molar-refractivity contribution >= 4 is 23.9 Å². The molecule has 6 nitrogen and oxygen atoms in total. The zero-order chi connectivity index (χ0) is 27.8. The van der Waals surface area contributed by atoms with E-state index >= 15 is 0 Å². The number of esters is 4. The van der Waals surface area contributed by atoms with Gasteiger partial charge in [-0.1, -0.05) is 129 Å².